The summed E-state index contributed by atoms with van der Waals surface area (Å²) in [4.78, 5) is 77.9. The quantitative estimate of drug-likeness (QED) is 0.0322. The molecule has 0 aromatic rings. The molecule has 0 amide bonds. The van der Waals surface area contributed by atoms with E-state index in [-0.39, 0.29) is 75.9 Å². The van der Waals surface area contributed by atoms with Gasteiger partial charge in [-0.05, 0) is 85.4 Å². The van der Waals surface area contributed by atoms with E-state index in [9.17, 15) is 28.8 Å². The maximum absolute atomic E-state index is 13.5. The molecule has 0 radical (unpaired) electrons. The fourth-order valence-electron chi connectivity index (χ4n) is 7.61. The molecule has 0 unspecified atom stereocenters. The summed E-state index contributed by atoms with van der Waals surface area (Å²) in [5.74, 6) is -1.68. The highest BCUT2D eigenvalue weighted by atomic mass is 16.6. The van der Waals surface area contributed by atoms with Gasteiger partial charge in [0.25, 0.3) is 0 Å². The van der Waals surface area contributed by atoms with Crippen molar-refractivity contribution in [3.05, 3.63) is 0 Å². The van der Waals surface area contributed by atoms with Crippen molar-refractivity contribution in [2.75, 3.05) is 60.3 Å². The van der Waals surface area contributed by atoms with Gasteiger partial charge < -0.3 is 33.3 Å². The van der Waals surface area contributed by atoms with E-state index in [1.807, 2.05) is 32.8 Å². The molecular formula is C52H95NO12. The second-order valence-electron chi connectivity index (χ2n) is 18.4. The van der Waals surface area contributed by atoms with Crippen molar-refractivity contribution in [3.63, 3.8) is 0 Å². The third kappa shape index (κ3) is 39.6. The van der Waals surface area contributed by atoms with Gasteiger partial charge in [0.1, 0.15) is 31.8 Å². The summed E-state index contributed by atoms with van der Waals surface area (Å²) in [6, 6.07) is 0. The summed E-state index contributed by atoms with van der Waals surface area (Å²) in [5.41, 5.74) is -1.28. The van der Waals surface area contributed by atoms with E-state index >= 15 is 0 Å². The molecule has 0 aromatic carbocycles. The summed E-state index contributed by atoms with van der Waals surface area (Å²) < 4.78 is 33.4. The molecular weight excluding hydrogens is 831 g/mol. The molecule has 0 aromatic heterocycles. The highest BCUT2D eigenvalue weighted by Gasteiger charge is 2.38. The predicted octanol–water partition coefficient (Wildman–Crippen LogP) is 11.6. The molecule has 0 bridgehead atoms. The zero-order valence-corrected chi connectivity index (χ0v) is 42.3. The highest BCUT2D eigenvalue weighted by Crippen LogP contribution is 2.26. The minimum absolute atomic E-state index is 0.138. The molecule has 0 N–H and O–H groups in total. The van der Waals surface area contributed by atoms with E-state index in [1.54, 1.807) is 0 Å². The standard InChI is InChI=1S/C52H95NO12/c1-7-11-25-32-45(33-26-12-8-2)40-51(59)65-44-52(43-64-50(58)38-31-39-53(5)6,41-62-48(56)36-29-23-19-15-13-17-21-27-34-46(54)60-9-3)42-63-49(57)37-30-24-20-16-14-18-22-28-35-47(55)61-10-4/h45H,7-44H2,1-6H3. The summed E-state index contributed by atoms with van der Waals surface area (Å²) >= 11 is 0. The van der Waals surface area contributed by atoms with Crippen LogP contribution in [0.2, 0.25) is 0 Å². The molecule has 0 heterocycles. The van der Waals surface area contributed by atoms with Gasteiger partial charge in [0.05, 0.1) is 13.2 Å². The van der Waals surface area contributed by atoms with Crippen LogP contribution in [-0.2, 0) is 57.2 Å². The second kappa shape index (κ2) is 43.4. The molecule has 13 nitrogen and oxygen atoms in total. The maximum Gasteiger partial charge on any atom is 0.306 e. The Morgan fingerprint density at radius 2 is 0.662 bits per heavy atom. The molecule has 0 spiro atoms. The average Bonchev–Trinajstić information content (AvgIpc) is 3.27. The predicted molar refractivity (Wildman–Crippen MR) is 256 cm³/mol. The SMILES string of the molecule is CCCCCC(CCCCC)CC(=O)OCC(COC(=O)CCCCCCCCCCC(=O)OCC)(COC(=O)CCCCCCCCCCC(=O)OCC)COC(=O)CCCN(C)C. The van der Waals surface area contributed by atoms with Gasteiger partial charge in [-0.15, -0.1) is 0 Å². The maximum atomic E-state index is 13.5. The van der Waals surface area contributed by atoms with Crippen molar-refractivity contribution in [1.82, 2.24) is 4.90 Å². The van der Waals surface area contributed by atoms with Crippen LogP contribution >= 0.6 is 0 Å². The van der Waals surface area contributed by atoms with Gasteiger partial charge in [-0.3, -0.25) is 28.8 Å². The van der Waals surface area contributed by atoms with Gasteiger partial charge in [0.15, 0.2) is 0 Å². The van der Waals surface area contributed by atoms with E-state index in [4.69, 9.17) is 28.4 Å². The molecule has 65 heavy (non-hydrogen) atoms. The third-order valence-corrected chi connectivity index (χ3v) is 11.7. The Hall–Kier alpha value is -3.22. The largest absolute Gasteiger partial charge is 0.466 e. The van der Waals surface area contributed by atoms with Crippen LogP contribution in [-0.4, -0.2) is 101 Å². The second-order valence-corrected chi connectivity index (χ2v) is 18.4. The van der Waals surface area contributed by atoms with Crippen LogP contribution in [0.25, 0.3) is 0 Å². The summed E-state index contributed by atoms with van der Waals surface area (Å²) in [7, 11) is 3.87. The summed E-state index contributed by atoms with van der Waals surface area (Å²) in [5, 5.41) is 0. The van der Waals surface area contributed by atoms with Crippen LogP contribution in [0.1, 0.15) is 227 Å². The number of nitrogens with zero attached hydrogens (tertiary/aromatic N) is 1. The van der Waals surface area contributed by atoms with Gasteiger partial charge in [-0.2, -0.15) is 0 Å². The number of hydrogen-bond donors (Lipinski definition) is 0. The van der Waals surface area contributed by atoms with Crippen LogP contribution in [0, 0.1) is 11.3 Å². The Morgan fingerprint density at radius 3 is 0.969 bits per heavy atom. The number of unbranched alkanes of at least 4 members (excludes halogenated alkanes) is 18. The van der Waals surface area contributed by atoms with Crippen molar-refractivity contribution < 1.29 is 57.2 Å². The molecule has 0 rings (SSSR count). The average molecular weight is 926 g/mol. The molecule has 0 aliphatic carbocycles. The zero-order chi connectivity index (χ0) is 48.2. The van der Waals surface area contributed by atoms with Gasteiger partial charge in [-0.1, -0.05) is 129 Å². The molecule has 380 valence electrons. The van der Waals surface area contributed by atoms with Gasteiger partial charge >= 0.3 is 35.8 Å². The van der Waals surface area contributed by atoms with Gasteiger partial charge in [-0.25, -0.2) is 0 Å². The molecule has 0 saturated carbocycles. The number of carbonyl (C=O) groups excluding carboxylic acids is 6. The minimum atomic E-state index is -1.28. The smallest absolute Gasteiger partial charge is 0.306 e. The first-order chi connectivity index (χ1) is 31.4. The van der Waals surface area contributed by atoms with Crippen LogP contribution in [0.3, 0.4) is 0 Å². The first-order valence-corrected chi connectivity index (χ1v) is 26.0. The number of ether oxygens (including phenoxy) is 6. The zero-order valence-electron chi connectivity index (χ0n) is 42.3. The first kappa shape index (κ1) is 61.8. The number of carbonyl (C=O) groups is 6. The van der Waals surface area contributed by atoms with Gasteiger partial charge in [0, 0.05) is 38.5 Å². The molecule has 0 fully saturated rings. The Bertz CT molecular complexity index is 1160. The summed E-state index contributed by atoms with van der Waals surface area (Å²) in [6.07, 6.45) is 25.9. The fraction of sp³-hybridized carbons (Fsp3) is 0.885. The molecule has 0 aliphatic rings. The van der Waals surface area contributed by atoms with Crippen LogP contribution in [0.15, 0.2) is 0 Å². The van der Waals surface area contributed by atoms with Crippen molar-refractivity contribution in [2.24, 2.45) is 11.3 Å². The van der Waals surface area contributed by atoms with Crippen LogP contribution < -0.4 is 0 Å². The van der Waals surface area contributed by atoms with Crippen molar-refractivity contribution in [2.45, 2.75) is 227 Å². The molecule has 0 aliphatic heterocycles. The Morgan fingerprint density at radius 1 is 0.369 bits per heavy atom. The van der Waals surface area contributed by atoms with Gasteiger partial charge in [0.2, 0.25) is 0 Å². The lowest BCUT2D eigenvalue weighted by Crippen LogP contribution is -2.44. The topological polar surface area (TPSA) is 161 Å². The highest BCUT2D eigenvalue weighted by molar-refractivity contribution is 5.71. The van der Waals surface area contributed by atoms with Crippen molar-refractivity contribution in [3.8, 4) is 0 Å². The lowest BCUT2D eigenvalue weighted by Gasteiger charge is -2.32. The van der Waals surface area contributed by atoms with E-state index in [1.165, 1.54) is 0 Å². The lowest BCUT2D eigenvalue weighted by molar-refractivity contribution is -0.171. The van der Waals surface area contributed by atoms with Crippen molar-refractivity contribution >= 4 is 35.8 Å². The first-order valence-electron chi connectivity index (χ1n) is 26.0. The van der Waals surface area contributed by atoms with E-state index in [0.717, 1.165) is 141 Å². The normalized spacial score (nSPS) is 11.4. The Kier molecular flexibility index (Phi) is 41.2. The molecule has 13 heteroatoms. The Labute approximate surface area is 395 Å². The number of rotatable bonds is 46. The van der Waals surface area contributed by atoms with E-state index in [2.05, 4.69) is 13.8 Å². The van der Waals surface area contributed by atoms with E-state index < -0.39 is 23.3 Å². The lowest BCUT2D eigenvalue weighted by atomic mass is 9.91. The third-order valence-electron chi connectivity index (χ3n) is 11.7. The monoisotopic (exact) mass is 926 g/mol. The molecule has 0 saturated heterocycles. The minimum Gasteiger partial charge on any atom is -0.466 e. The van der Waals surface area contributed by atoms with Crippen LogP contribution in [0.5, 0.6) is 0 Å². The Balaban J connectivity index is 5.60. The van der Waals surface area contributed by atoms with Crippen molar-refractivity contribution in [1.29, 1.82) is 0 Å². The summed E-state index contributed by atoms with van der Waals surface area (Å²) in [6.45, 7) is 8.55. The number of esters is 6. The van der Waals surface area contributed by atoms with Crippen LogP contribution in [0.4, 0.5) is 0 Å². The van der Waals surface area contributed by atoms with E-state index in [0.29, 0.717) is 51.9 Å². The fourth-order valence-corrected chi connectivity index (χ4v) is 7.61. The number of hydrogen-bond acceptors (Lipinski definition) is 13. The molecule has 0 atom stereocenters.